The summed E-state index contributed by atoms with van der Waals surface area (Å²) in [5, 5.41) is 0. The van der Waals surface area contributed by atoms with Gasteiger partial charge in [-0.1, -0.05) is 13.3 Å². The van der Waals surface area contributed by atoms with Gasteiger partial charge in [-0.3, -0.25) is 0 Å². The number of fused-ring (bicyclic) bond motifs is 1. The molecule has 2 N–H and O–H groups in total. The highest BCUT2D eigenvalue weighted by atomic mass is 14.8. The fourth-order valence-electron chi connectivity index (χ4n) is 2.32. The monoisotopic (exact) mass is 190 g/mol. The van der Waals surface area contributed by atoms with Crippen molar-refractivity contribution in [3.05, 3.63) is 22.9 Å². The van der Waals surface area contributed by atoms with Crippen LogP contribution in [0.2, 0.25) is 0 Å². The van der Waals surface area contributed by atoms with E-state index in [1.807, 2.05) is 0 Å². The number of pyridine rings is 1. The molecule has 0 radical (unpaired) electrons. The number of rotatable bonds is 1. The maximum Gasteiger partial charge on any atom is 0.123 e. The normalized spacial score (nSPS) is 16.1. The molecule has 2 heteroatoms. The average Bonchev–Trinajstić information content (AvgIpc) is 2.41. The summed E-state index contributed by atoms with van der Waals surface area (Å²) in [6.45, 7) is 2.16. The molecule has 14 heavy (non-hydrogen) atoms. The molecule has 0 bridgehead atoms. The van der Waals surface area contributed by atoms with E-state index in [1.54, 1.807) is 0 Å². The lowest BCUT2D eigenvalue weighted by Crippen LogP contribution is -2.04. The zero-order valence-electron chi connectivity index (χ0n) is 8.84. The van der Waals surface area contributed by atoms with Crippen LogP contribution >= 0.6 is 0 Å². The van der Waals surface area contributed by atoms with Crippen LogP contribution in [-0.4, -0.2) is 4.98 Å². The summed E-state index contributed by atoms with van der Waals surface area (Å²) in [6.07, 6.45) is 7.36. The van der Waals surface area contributed by atoms with Crippen LogP contribution in [0, 0.1) is 0 Å². The second-order valence-corrected chi connectivity index (χ2v) is 4.05. The van der Waals surface area contributed by atoms with Crippen molar-refractivity contribution in [2.45, 2.75) is 45.4 Å². The minimum absolute atomic E-state index is 0.697. The van der Waals surface area contributed by atoms with Gasteiger partial charge in [0.15, 0.2) is 0 Å². The van der Waals surface area contributed by atoms with Gasteiger partial charge in [0.1, 0.15) is 5.82 Å². The Kier molecular flexibility index (Phi) is 2.71. The number of aromatic nitrogens is 1. The number of hydrogen-bond acceptors (Lipinski definition) is 2. The second kappa shape index (κ2) is 3.99. The smallest absolute Gasteiger partial charge is 0.123 e. The van der Waals surface area contributed by atoms with Gasteiger partial charge in [0.25, 0.3) is 0 Å². The summed E-state index contributed by atoms with van der Waals surface area (Å²) in [6, 6.07) is 2.07. The van der Waals surface area contributed by atoms with Crippen LogP contribution in [0.4, 0.5) is 5.82 Å². The van der Waals surface area contributed by atoms with Crippen LogP contribution in [-0.2, 0) is 19.3 Å². The van der Waals surface area contributed by atoms with Crippen molar-refractivity contribution in [2.75, 3.05) is 5.73 Å². The van der Waals surface area contributed by atoms with E-state index >= 15 is 0 Å². The highest BCUT2D eigenvalue weighted by Crippen LogP contribution is 2.24. The Morgan fingerprint density at radius 1 is 1.29 bits per heavy atom. The SMILES string of the molecule is CCc1nc(N)cc2c1CCCCC2. The van der Waals surface area contributed by atoms with Gasteiger partial charge in [-0.2, -0.15) is 0 Å². The molecule has 0 aliphatic heterocycles. The van der Waals surface area contributed by atoms with Crippen LogP contribution < -0.4 is 5.73 Å². The molecule has 0 fully saturated rings. The van der Waals surface area contributed by atoms with E-state index in [2.05, 4.69) is 18.0 Å². The molecule has 0 atom stereocenters. The minimum atomic E-state index is 0.697. The predicted octanol–water partition coefficient (Wildman–Crippen LogP) is 2.50. The lowest BCUT2D eigenvalue weighted by atomic mass is 10.0. The first kappa shape index (κ1) is 9.50. The van der Waals surface area contributed by atoms with E-state index in [-0.39, 0.29) is 0 Å². The van der Waals surface area contributed by atoms with Gasteiger partial charge < -0.3 is 5.73 Å². The van der Waals surface area contributed by atoms with E-state index < -0.39 is 0 Å². The Labute approximate surface area is 85.5 Å². The quantitative estimate of drug-likeness (QED) is 0.691. The van der Waals surface area contributed by atoms with Crippen molar-refractivity contribution in [2.24, 2.45) is 0 Å². The number of aryl methyl sites for hydroxylation is 2. The second-order valence-electron chi connectivity index (χ2n) is 4.05. The van der Waals surface area contributed by atoms with E-state index in [9.17, 15) is 0 Å². The van der Waals surface area contributed by atoms with Crippen molar-refractivity contribution in [1.29, 1.82) is 0 Å². The van der Waals surface area contributed by atoms with Gasteiger partial charge in [0.2, 0.25) is 0 Å². The first-order valence-electron chi connectivity index (χ1n) is 5.58. The Morgan fingerprint density at radius 3 is 2.86 bits per heavy atom. The van der Waals surface area contributed by atoms with Crippen molar-refractivity contribution in [3.63, 3.8) is 0 Å². The Morgan fingerprint density at radius 2 is 2.07 bits per heavy atom. The molecular formula is C12H18N2. The van der Waals surface area contributed by atoms with E-state index in [0.717, 1.165) is 6.42 Å². The largest absolute Gasteiger partial charge is 0.384 e. The third-order valence-electron chi connectivity index (χ3n) is 3.03. The molecule has 0 saturated carbocycles. The minimum Gasteiger partial charge on any atom is -0.384 e. The zero-order chi connectivity index (χ0) is 9.97. The summed E-state index contributed by atoms with van der Waals surface area (Å²) in [5.41, 5.74) is 9.96. The molecule has 0 aromatic carbocycles. The molecule has 2 nitrogen and oxygen atoms in total. The van der Waals surface area contributed by atoms with Crippen LogP contribution in [0.15, 0.2) is 6.07 Å². The lowest BCUT2D eigenvalue weighted by molar-refractivity contribution is 0.710. The molecule has 0 spiro atoms. The average molecular weight is 190 g/mol. The predicted molar refractivity (Wildman–Crippen MR) is 59.3 cm³/mol. The number of nitrogens with zero attached hydrogens (tertiary/aromatic N) is 1. The number of anilines is 1. The van der Waals surface area contributed by atoms with Crippen LogP contribution in [0.25, 0.3) is 0 Å². The summed E-state index contributed by atoms with van der Waals surface area (Å²) in [4.78, 5) is 4.42. The standard InChI is InChI=1S/C12H18N2/c1-2-11-10-7-5-3-4-6-9(10)8-12(13)14-11/h8H,2-7H2,1H3,(H2,13,14). The zero-order valence-corrected chi connectivity index (χ0v) is 8.84. The summed E-state index contributed by atoms with van der Waals surface area (Å²) >= 11 is 0. The Hall–Kier alpha value is -1.05. The molecule has 1 aliphatic rings. The van der Waals surface area contributed by atoms with Gasteiger partial charge >= 0.3 is 0 Å². The van der Waals surface area contributed by atoms with Crippen molar-refractivity contribution in [3.8, 4) is 0 Å². The maximum absolute atomic E-state index is 5.80. The first-order chi connectivity index (χ1) is 6.81. The number of nitrogen functional groups attached to an aromatic ring is 1. The van der Waals surface area contributed by atoms with Gasteiger partial charge in [-0.15, -0.1) is 0 Å². The van der Waals surface area contributed by atoms with Crippen molar-refractivity contribution < 1.29 is 0 Å². The lowest BCUT2D eigenvalue weighted by Gasteiger charge is -2.11. The molecule has 76 valence electrons. The molecule has 0 saturated heterocycles. The first-order valence-corrected chi connectivity index (χ1v) is 5.58. The summed E-state index contributed by atoms with van der Waals surface area (Å²) in [7, 11) is 0. The van der Waals surface area contributed by atoms with E-state index in [1.165, 1.54) is 48.9 Å². The van der Waals surface area contributed by atoms with Crippen LogP contribution in [0.3, 0.4) is 0 Å². The van der Waals surface area contributed by atoms with Crippen molar-refractivity contribution >= 4 is 5.82 Å². The Bertz CT molecular complexity index is 331. The van der Waals surface area contributed by atoms with Crippen molar-refractivity contribution in [1.82, 2.24) is 4.98 Å². The summed E-state index contributed by atoms with van der Waals surface area (Å²) < 4.78 is 0. The number of hydrogen-bond donors (Lipinski definition) is 1. The van der Waals surface area contributed by atoms with Gasteiger partial charge in [-0.05, 0) is 49.3 Å². The van der Waals surface area contributed by atoms with Gasteiger partial charge in [0, 0.05) is 5.69 Å². The molecular weight excluding hydrogens is 172 g/mol. The highest BCUT2D eigenvalue weighted by Gasteiger charge is 2.12. The molecule has 1 aromatic rings. The van der Waals surface area contributed by atoms with E-state index in [4.69, 9.17) is 5.73 Å². The molecule has 0 amide bonds. The third-order valence-corrected chi connectivity index (χ3v) is 3.03. The fourth-order valence-corrected chi connectivity index (χ4v) is 2.32. The van der Waals surface area contributed by atoms with Crippen LogP contribution in [0.5, 0.6) is 0 Å². The Balaban J connectivity index is 2.46. The molecule has 1 heterocycles. The topological polar surface area (TPSA) is 38.9 Å². The van der Waals surface area contributed by atoms with Crippen LogP contribution in [0.1, 0.15) is 43.0 Å². The van der Waals surface area contributed by atoms with Gasteiger partial charge in [-0.25, -0.2) is 4.98 Å². The maximum atomic E-state index is 5.80. The molecule has 1 aromatic heterocycles. The molecule has 2 rings (SSSR count). The van der Waals surface area contributed by atoms with Gasteiger partial charge in [0.05, 0.1) is 0 Å². The highest BCUT2D eigenvalue weighted by molar-refractivity contribution is 5.42. The molecule has 1 aliphatic carbocycles. The van der Waals surface area contributed by atoms with E-state index in [0.29, 0.717) is 5.82 Å². The fraction of sp³-hybridized carbons (Fsp3) is 0.583. The molecule has 0 unspecified atom stereocenters. The number of nitrogens with two attached hydrogens (primary N) is 1. The summed E-state index contributed by atoms with van der Waals surface area (Å²) in [5.74, 6) is 0.697. The third kappa shape index (κ3) is 1.74.